The van der Waals surface area contributed by atoms with E-state index in [0.29, 0.717) is 12.1 Å². The van der Waals surface area contributed by atoms with Gasteiger partial charge in [-0.15, -0.1) is 0 Å². The van der Waals surface area contributed by atoms with Gasteiger partial charge < -0.3 is 15.4 Å². The molecule has 0 radical (unpaired) electrons. The summed E-state index contributed by atoms with van der Waals surface area (Å²) in [5.74, 6) is -1.11. The quantitative estimate of drug-likeness (QED) is 0.812. The lowest BCUT2D eigenvalue weighted by atomic mass is 10.1. The van der Waals surface area contributed by atoms with Crippen LogP contribution in [-0.2, 0) is 11.3 Å². The molecule has 0 saturated carbocycles. The van der Waals surface area contributed by atoms with Crippen molar-refractivity contribution >= 4 is 5.91 Å². The molecule has 6 heteroatoms. The summed E-state index contributed by atoms with van der Waals surface area (Å²) < 4.78 is 31.2. The molecular formula is C18H21F2N2O2+. The topological polar surface area (TPSA) is 54.9 Å². The van der Waals surface area contributed by atoms with E-state index in [4.69, 9.17) is 4.74 Å². The van der Waals surface area contributed by atoms with Gasteiger partial charge in [-0.2, -0.15) is 0 Å². The molecule has 0 unspecified atom stereocenters. The number of nitrogens with two attached hydrogens (primary N) is 1. The number of rotatable bonds is 7. The normalized spacial score (nSPS) is 11.8. The molecule has 1 atom stereocenters. The Hall–Kier alpha value is -2.47. The number of hydrogen-bond donors (Lipinski definition) is 2. The Balaban J connectivity index is 1.78. The second kappa shape index (κ2) is 8.40. The number of ether oxygens (including phenoxy) is 1. The average Bonchev–Trinajstić information content (AvgIpc) is 2.60. The van der Waals surface area contributed by atoms with Crippen molar-refractivity contribution in [1.82, 2.24) is 5.32 Å². The average molecular weight is 335 g/mol. The van der Waals surface area contributed by atoms with Crippen LogP contribution in [0.25, 0.3) is 0 Å². The first-order valence-corrected chi connectivity index (χ1v) is 7.67. The maximum Gasteiger partial charge on any atom is 0.275 e. The third-order valence-electron chi connectivity index (χ3n) is 3.77. The van der Waals surface area contributed by atoms with Crippen molar-refractivity contribution in [2.24, 2.45) is 0 Å². The first-order chi connectivity index (χ1) is 11.5. The summed E-state index contributed by atoms with van der Waals surface area (Å²) in [6, 6.07) is 11.1. The van der Waals surface area contributed by atoms with Crippen LogP contribution in [0.1, 0.15) is 24.1 Å². The zero-order chi connectivity index (χ0) is 17.5. The Morgan fingerprint density at radius 1 is 1.17 bits per heavy atom. The molecule has 0 aromatic heterocycles. The van der Waals surface area contributed by atoms with Crippen molar-refractivity contribution in [3.63, 3.8) is 0 Å². The second-order valence-electron chi connectivity index (χ2n) is 5.53. The number of carbonyl (C=O) groups is 1. The summed E-state index contributed by atoms with van der Waals surface area (Å²) in [6.45, 7) is 2.47. The van der Waals surface area contributed by atoms with Gasteiger partial charge in [-0.25, -0.2) is 8.78 Å². The van der Waals surface area contributed by atoms with Gasteiger partial charge in [-0.3, -0.25) is 4.79 Å². The zero-order valence-corrected chi connectivity index (χ0v) is 13.7. The van der Waals surface area contributed by atoms with Crippen LogP contribution in [-0.4, -0.2) is 19.6 Å². The van der Waals surface area contributed by atoms with Crippen LogP contribution in [0.3, 0.4) is 0 Å². The highest BCUT2D eigenvalue weighted by molar-refractivity contribution is 5.76. The molecule has 2 aromatic carbocycles. The molecule has 3 N–H and O–H groups in total. The van der Waals surface area contributed by atoms with Gasteiger partial charge in [0.2, 0.25) is 0 Å². The highest BCUT2D eigenvalue weighted by Crippen LogP contribution is 2.13. The third-order valence-corrected chi connectivity index (χ3v) is 3.77. The number of quaternary nitrogens is 1. The number of hydrogen-bond acceptors (Lipinski definition) is 2. The minimum Gasteiger partial charge on any atom is -0.497 e. The first-order valence-electron chi connectivity index (χ1n) is 7.67. The lowest BCUT2D eigenvalue weighted by molar-refractivity contribution is -0.682. The zero-order valence-electron chi connectivity index (χ0n) is 13.7. The van der Waals surface area contributed by atoms with Crippen molar-refractivity contribution in [3.05, 3.63) is 65.2 Å². The van der Waals surface area contributed by atoms with E-state index in [9.17, 15) is 13.6 Å². The Morgan fingerprint density at radius 2 is 1.88 bits per heavy atom. The summed E-state index contributed by atoms with van der Waals surface area (Å²) in [4.78, 5) is 11.9. The first kappa shape index (κ1) is 17.9. The van der Waals surface area contributed by atoms with Gasteiger partial charge in [0.05, 0.1) is 7.11 Å². The van der Waals surface area contributed by atoms with Crippen molar-refractivity contribution in [3.8, 4) is 5.75 Å². The van der Waals surface area contributed by atoms with Gasteiger partial charge in [0, 0.05) is 12.1 Å². The van der Waals surface area contributed by atoms with E-state index in [0.717, 1.165) is 23.4 Å². The molecule has 0 aliphatic carbocycles. The minimum absolute atomic E-state index is 0.125. The summed E-state index contributed by atoms with van der Waals surface area (Å²) in [7, 11) is 1.60. The third kappa shape index (κ3) is 5.03. The van der Waals surface area contributed by atoms with E-state index in [-0.39, 0.29) is 18.5 Å². The van der Waals surface area contributed by atoms with E-state index in [1.54, 1.807) is 12.4 Å². The van der Waals surface area contributed by atoms with Crippen molar-refractivity contribution < 1.29 is 23.6 Å². The van der Waals surface area contributed by atoms with Crippen LogP contribution >= 0.6 is 0 Å². The highest BCUT2D eigenvalue weighted by Gasteiger charge is 2.13. The molecule has 0 bridgehead atoms. The molecule has 0 fully saturated rings. The van der Waals surface area contributed by atoms with Crippen molar-refractivity contribution in [2.75, 3.05) is 13.7 Å². The summed E-state index contributed by atoms with van der Waals surface area (Å²) in [5.41, 5.74) is 1.61. The predicted octanol–water partition coefficient (Wildman–Crippen LogP) is 1.91. The number of carbonyl (C=O) groups excluding carboxylic acids is 1. The fraction of sp³-hybridized carbons (Fsp3) is 0.278. The Bertz CT molecular complexity index is 690. The number of amides is 1. The molecule has 0 aliphatic rings. The van der Waals surface area contributed by atoms with Crippen molar-refractivity contribution in [1.29, 1.82) is 0 Å². The molecule has 0 spiro atoms. The second-order valence-corrected chi connectivity index (χ2v) is 5.53. The summed E-state index contributed by atoms with van der Waals surface area (Å²) in [5, 5.41) is 4.59. The maximum atomic E-state index is 13.2. The molecule has 0 aliphatic heterocycles. The largest absolute Gasteiger partial charge is 0.497 e. The smallest absolute Gasteiger partial charge is 0.275 e. The SMILES string of the molecule is COc1ccc(CNC(=O)C[NH2+][C@@H](C)c2ccc(F)c(F)c2)cc1. The van der Waals surface area contributed by atoms with Crippen molar-refractivity contribution in [2.45, 2.75) is 19.5 Å². The van der Waals surface area contributed by atoms with Gasteiger partial charge in [0.25, 0.3) is 5.91 Å². The van der Waals surface area contributed by atoms with E-state index >= 15 is 0 Å². The van der Waals surface area contributed by atoms with Crippen LogP contribution < -0.4 is 15.4 Å². The number of halogens is 2. The molecule has 2 rings (SSSR count). The van der Waals surface area contributed by atoms with Gasteiger partial charge in [0.15, 0.2) is 18.2 Å². The van der Waals surface area contributed by atoms with E-state index in [1.807, 2.05) is 31.2 Å². The van der Waals surface area contributed by atoms with Crippen LogP contribution in [0, 0.1) is 11.6 Å². The molecule has 0 heterocycles. The maximum absolute atomic E-state index is 13.2. The van der Waals surface area contributed by atoms with Crippen LogP contribution in [0.5, 0.6) is 5.75 Å². The molecule has 2 aromatic rings. The fourth-order valence-corrected chi connectivity index (χ4v) is 2.23. The monoisotopic (exact) mass is 335 g/mol. The van der Waals surface area contributed by atoms with Gasteiger partial charge >= 0.3 is 0 Å². The van der Waals surface area contributed by atoms with E-state index in [1.165, 1.54) is 6.07 Å². The van der Waals surface area contributed by atoms with Crippen LogP contribution in [0.4, 0.5) is 8.78 Å². The Morgan fingerprint density at radius 3 is 2.50 bits per heavy atom. The summed E-state index contributed by atoms with van der Waals surface area (Å²) >= 11 is 0. The minimum atomic E-state index is -0.878. The van der Waals surface area contributed by atoms with Gasteiger partial charge in [-0.05, 0) is 42.8 Å². The number of benzene rings is 2. The molecule has 24 heavy (non-hydrogen) atoms. The van der Waals surface area contributed by atoms with Crippen LogP contribution in [0.15, 0.2) is 42.5 Å². The van der Waals surface area contributed by atoms with Gasteiger partial charge in [-0.1, -0.05) is 12.1 Å². The number of methoxy groups -OCH3 is 1. The van der Waals surface area contributed by atoms with Crippen LogP contribution in [0.2, 0.25) is 0 Å². The molecule has 4 nitrogen and oxygen atoms in total. The predicted molar refractivity (Wildman–Crippen MR) is 86.4 cm³/mol. The molecular weight excluding hydrogens is 314 g/mol. The molecule has 0 saturated heterocycles. The lowest BCUT2D eigenvalue weighted by Gasteiger charge is -2.11. The Kier molecular flexibility index (Phi) is 6.26. The standard InChI is InChI=1S/C18H20F2N2O2/c1-12(14-5-8-16(19)17(20)9-14)21-11-18(23)22-10-13-3-6-15(24-2)7-4-13/h3-9,12,21H,10-11H2,1-2H3,(H,22,23)/p+1/t12-/m0/s1. The van der Waals surface area contributed by atoms with E-state index in [2.05, 4.69) is 5.32 Å². The lowest BCUT2D eigenvalue weighted by Crippen LogP contribution is -2.87. The highest BCUT2D eigenvalue weighted by atomic mass is 19.2. The molecule has 1 amide bonds. The number of nitrogens with one attached hydrogen (secondary N) is 1. The molecule has 128 valence electrons. The van der Waals surface area contributed by atoms with Gasteiger partial charge in [0.1, 0.15) is 11.8 Å². The summed E-state index contributed by atoms with van der Waals surface area (Å²) in [6.07, 6.45) is 0. The van der Waals surface area contributed by atoms with E-state index < -0.39 is 11.6 Å². The fourth-order valence-electron chi connectivity index (χ4n) is 2.23. The Labute approximate surface area is 139 Å².